The van der Waals surface area contributed by atoms with Crippen LogP contribution < -0.4 is 5.32 Å². The Morgan fingerprint density at radius 2 is 1.96 bits per heavy atom. The lowest BCUT2D eigenvalue weighted by atomic mass is 10.2. The van der Waals surface area contributed by atoms with Crippen LogP contribution in [0, 0.1) is 0 Å². The second-order valence-electron chi connectivity index (χ2n) is 5.21. The predicted octanol–water partition coefficient (Wildman–Crippen LogP) is 3.89. The first-order valence-corrected chi connectivity index (χ1v) is 8.77. The molecule has 0 unspecified atom stereocenters. The van der Waals surface area contributed by atoms with E-state index in [2.05, 4.69) is 5.32 Å². The van der Waals surface area contributed by atoms with Crippen LogP contribution in [-0.2, 0) is 14.3 Å². The topological polar surface area (TPSA) is 55.4 Å². The van der Waals surface area contributed by atoms with Crippen molar-refractivity contribution in [3.63, 3.8) is 0 Å². The summed E-state index contributed by atoms with van der Waals surface area (Å²) in [5, 5.41) is 2.70. The van der Waals surface area contributed by atoms with Crippen molar-refractivity contribution in [3.05, 3.63) is 53.4 Å². The second kappa shape index (κ2) is 9.67. The van der Waals surface area contributed by atoms with Gasteiger partial charge in [-0.05, 0) is 30.2 Å². The maximum absolute atomic E-state index is 11.6. The van der Waals surface area contributed by atoms with Crippen molar-refractivity contribution < 1.29 is 14.3 Å². The fourth-order valence-corrected chi connectivity index (χ4v) is 2.91. The summed E-state index contributed by atoms with van der Waals surface area (Å²) in [6.07, 6.45) is 4.98. The molecule has 24 heavy (non-hydrogen) atoms. The third kappa shape index (κ3) is 6.01. The van der Waals surface area contributed by atoms with Gasteiger partial charge in [0.25, 0.3) is 5.91 Å². The first-order chi connectivity index (χ1) is 11.7. The van der Waals surface area contributed by atoms with E-state index in [-0.39, 0.29) is 12.5 Å². The van der Waals surface area contributed by atoms with Gasteiger partial charge in [-0.1, -0.05) is 43.7 Å². The van der Waals surface area contributed by atoms with Gasteiger partial charge in [-0.15, -0.1) is 11.3 Å². The quantitative estimate of drug-likeness (QED) is 0.449. The van der Waals surface area contributed by atoms with Gasteiger partial charge in [0, 0.05) is 22.4 Å². The highest BCUT2D eigenvalue weighted by Crippen LogP contribution is 2.28. The monoisotopic (exact) mass is 343 g/mol. The minimum Gasteiger partial charge on any atom is -0.452 e. The smallest absolute Gasteiger partial charge is 0.331 e. The molecule has 0 saturated carbocycles. The highest BCUT2D eigenvalue weighted by atomic mass is 32.1. The molecule has 1 heterocycles. The molecule has 4 nitrogen and oxygen atoms in total. The fourth-order valence-electron chi connectivity index (χ4n) is 1.99. The Hall–Kier alpha value is -2.40. The fraction of sp³-hybridized carbons (Fsp3) is 0.263. The van der Waals surface area contributed by atoms with Crippen LogP contribution in [0.5, 0.6) is 0 Å². The highest BCUT2D eigenvalue weighted by molar-refractivity contribution is 7.16. The van der Waals surface area contributed by atoms with Crippen molar-refractivity contribution in [2.75, 3.05) is 13.2 Å². The maximum Gasteiger partial charge on any atom is 0.331 e. The molecule has 1 aromatic heterocycles. The molecule has 0 radical (unpaired) electrons. The average Bonchev–Trinajstić information content (AvgIpc) is 3.08. The van der Waals surface area contributed by atoms with E-state index in [9.17, 15) is 9.59 Å². The summed E-state index contributed by atoms with van der Waals surface area (Å²) in [6, 6.07) is 14.0. The average molecular weight is 343 g/mol. The van der Waals surface area contributed by atoms with E-state index in [0.717, 1.165) is 28.2 Å². The number of rotatable bonds is 8. The molecule has 0 aliphatic heterocycles. The zero-order valence-corrected chi connectivity index (χ0v) is 14.5. The number of benzene rings is 1. The molecule has 0 aliphatic carbocycles. The zero-order chi connectivity index (χ0) is 17.2. The van der Waals surface area contributed by atoms with E-state index >= 15 is 0 Å². The summed E-state index contributed by atoms with van der Waals surface area (Å²) in [4.78, 5) is 25.2. The van der Waals surface area contributed by atoms with Gasteiger partial charge in [0.05, 0.1) is 0 Å². The lowest BCUT2D eigenvalue weighted by molar-refractivity contribution is -0.143. The molecule has 1 N–H and O–H groups in total. The molecule has 0 saturated heterocycles. The molecule has 0 spiro atoms. The van der Waals surface area contributed by atoms with Crippen molar-refractivity contribution in [1.82, 2.24) is 5.32 Å². The van der Waals surface area contributed by atoms with Crippen LogP contribution in [0.25, 0.3) is 16.5 Å². The molecule has 0 atom stereocenters. The van der Waals surface area contributed by atoms with Crippen molar-refractivity contribution in [2.45, 2.75) is 19.8 Å². The van der Waals surface area contributed by atoms with Crippen LogP contribution in [-0.4, -0.2) is 25.0 Å². The Kier molecular flexibility index (Phi) is 7.23. The maximum atomic E-state index is 11.6. The van der Waals surface area contributed by atoms with E-state index in [0.29, 0.717) is 6.54 Å². The molecule has 0 fully saturated rings. The number of amides is 1. The molecule has 2 rings (SSSR count). The largest absolute Gasteiger partial charge is 0.452 e. The standard InChI is InChI=1S/C19H21NO3S/c1-2-3-13-20-18(21)14-23-19(22)12-10-16-9-11-17(24-16)15-7-5-4-6-8-15/h4-12H,2-3,13-14H2,1H3,(H,20,21)/b12-10+. The Morgan fingerprint density at radius 1 is 1.17 bits per heavy atom. The third-order valence-corrected chi connectivity index (χ3v) is 4.37. The van der Waals surface area contributed by atoms with Crippen LogP contribution in [0.2, 0.25) is 0 Å². The van der Waals surface area contributed by atoms with Crippen LogP contribution >= 0.6 is 11.3 Å². The van der Waals surface area contributed by atoms with Crippen LogP contribution in [0.4, 0.5) is 0 Å². The number of thiophene rings is 1. The number of esters is 1. The minimum atomic E-state index is -0.518. The van der Waals surface area contributed by atoms with Gasteiger partial charge >= 0.3 is 5.97 Å². The number of hydrogen-bond donors (Lipinski definition) is 1. The van der Waals surface area contributed by atoms with Crippen molar-refractivity contribution in [3.8, 4) is 10.4 Å². The minimum absolute atomic E-state index is 0.243. The number of ether oxygens (including phenoxy) is 1. The SMILES string of the molecule is CCCCNC(=O)COC(=O)/C=C/c1ccc(-c2ccccc2)s1. The number of hydrogen-bond acceptors (Lipinski definition) is 4. The molecule has 0 aliphatic rings. The summed E-state index contributed by atoms with van der Waals surface area (Å²) in [6.45, 7) is 2.41. The van der Waals surface area contributed by atoms with Gasteiger partial charge in [0.15, 0.2) is 6.61 Å². The van der Waals surface area contributed by atoms with E-state index < -0.39 is 5.97 Å². The summed E-state index contributed by atoms with van der Waals surface area (Å²) < 4.78 is 4.91. The Bertz CT molecular complexity index is 692. The molecule has 1 aromatic carbocycles. The Balaban J connectivity index is 1.80. The number of unbranched alkanes of at least 4 members (excludes halogenated alkanes) is 1. The molecule has 2 aromatic rings. The van der Waals surface area contributed by atoms with Gasteiger partial charge in [0.2, 0.25) is 0 Å². The molecule has 5 heteroatoms. The number of nitrogens with one attached hydrogen (secondary N) is 1. The second-order valence-corrected chi connectivity index (χ2v) is 6.33. The molecule has 126 valence electrons. The molecular weight excluding hydrogens is 322 g/mol. The van der Waals surface area contributed by atoms with E-state index in [1.807, 2.05) is 49.4 Å². The van der Waals surface area contributed by atoms with Gasteiger partial charge in [-0.3, -0.25) is 4.79 Å². The lowest BCUT2D eigenvalue weighted by Gasteiger charge is -2.03. The van der Waals surface area contributed by atoms with Crippen molar-refractivity contribution >= 4 is 29.3 Å². The van der Waals surface area contributed by atoms with Crippen LogP contribution in [0.1, 0.15) is 24.6 Å². The van der Waals surface area contributed by atoms with Gasteiger partial charge in [-0.25, -0.2) is 4.79 Å². The summed E-state index contributed by atoms with van der Waals surface area (Å²) in [5.74, 6) is -0.789. The lowest BCUT2D eigenvalue weighted by Crippen LogP contribution is -2.29. The predicted molar refractivity (Wildman–Crippen MR) is 97.7 cm³/mol. The third-order valence-electron chi connectivity index (χ3n) is 3.27. The normalized spacial score (nSPS) is 10.7. The van der Waals surface area contributed by atoms with E-state index in [1.54, 1.807) is 17.4 Å². The van der Waals surface area contributed by atoms with Crippen molar-refractivity contribution in [1.29, 1.82) is 0 Å². The highest BCUT2D eigenvalue weighted by Gasteiger charge is 2.05. The van der Waals surface area contributed by atoms with E-state index in [1.165, 1.54) is 6.08 Å². The molecular formula is C19H21NO3S. The Morgan fingerprint density at radius 3 is 2.71 bits per heavy atom. The zero-order valence-electron chi connectivity index (χ0n) is 13.7. The van der Waals surface area contributed by atoms with Crippen molar-refractivity contribution in [2.24, 2.45) is 0 Å². The number of carbonyl (C=O) groups excluding carboxylic acids is 2. The van der Waals surface area contributed by atoms with Gasteiger partial charge in [0.1, 0.15) is 0 Å². The van der Waals surface area contributed by atoms with Gasteiger partial charge in [-0.2, -0.15) is 0 Å². The Labute approximate surface area is 146 Å². The summed E-state index contributed by atoms with van der Waals surface area (Å²) in [5.41, 5.74) is 1.15. The first kappa shape index (κ1) is 17.9. The van der Waals surface area contributed by atoms with E-state index in [4.69, 9.17) is 4.74 Å². The van der Waals surface area contributed by atoms with Gasteiger partial charge < -0.3 is 10.1 Å². The summed E-state index contributed by atoms with van der Waals surface area (Å²) in [7, 11) is 0. The van der Waals surface area contributed by atoms with Crippen LogP contribution in [0.15, 0.2) is 48.5 Å². The first-order valence-electron chi connectivity index (χ1n) is 7.96. The molecule has 0 bridgehead atoms. The summed E-state index contributed by atoms with van der Waals surface area (Å²) >= 11 is 1.59. The number of carbonyl (C=O) groups is 2. The van der Waals surface area contributed by atoms with Crippen LogP contribution in [0.3, 0.4) is 0 Å². The molecule has 1 amide bonds.